The zero-order chi connectivity index (χ0) is 23.6. The molecular weight excluding hydrogens is 443 g/mol. The van der Waals surface area contributed by atoms with E-state index >= 15 is 0 Å². The summed E-state index contributed by atoms with van der Waals surface area (Å²) in [5.41, 5.74) is 2.97. The summed E-state index contributed by atoms with van der Waals surface area (Å²) in [6, 6.07) is 33.9. The molecule has 0 saturated carbocycles. The zero-order valence-corrected chi connectivity index (χ0v) is 20.4. The molecular formula is C28H31N2O3P. The standard InChI is InChI=1S/C28H31N2O3P/c1-22-20-26(27(33-22)21-32-34-31-19-11-18-29)30-28(23-12-5-2-6-13-23,24-14-7-3-8-15-24)25-16-9-4-10-17-25/h2-10,12-17,22,26-27,30,34H,11,19-21H2,1H3/t22-,26?,27+/m0/s1. The van der Waals surface area contributed by atoms with Crippen LogP contribution in [0, 0.1) is 11.3 Å². The molecule has 0 radical (unpaired) electrons. The van der Waals surface area contributed by atoms with Crippen molar-refractivity contribution in [3.8, 4) is 6.07 Å². The Kier molecular flexibility index (Phi) is 8.82. The highest BCUT2D eigenvalue weighted by molar-refractivity contribution is 7.26. The van der Waals surface area contributed by atoms with Crippen molar-refractivity contribution in [3.63, 3.8) is 0 Å². The van der Waals surface area contributed by atoms with Crippen LogP contribution in [0.25, 0.3) is 0 Å². The van der Waals surface area contributed by atoms with Crippen LogP contribution in [0.1, 0.15) is 36.5 Å². The van der Waals surface area contributed by atoms with E-state index in [9.17, 15) is 0 Å². The van der Waals surface area contributed by atoms with Gasteiger partial charge in [0, 0.05) is 6.04 Å². The first-order chi connectivity index (χ1) is 16.7. The lowest BCUT2D eigenvalue weighted by Crippen LogP contribution is -2.53. The van der Waals surface area contributed by atoms with Gasteiger partial charge in [-0.15, -0.1) is 0 Å². The predicted molar refractivity (Wildman–Crippen MR) is 136 cm³/mol. The molecule has 0 amide bonds. The van der Waals surface area contributed by atoms with Gasteiger partial charge in [-0.2, -0.15) is 5.26 Å². The third-order valence-corrected chi connectivity index (χ3v) is 6.75. The van der Waals surface area contributed by atoms with Crippen molar-refractivity contribution in [3.05, 3.63) is 108 Å². The predicted octanol–water partition coefficient (Wildman–Crippen LogP) is 5.57. The smallest absolute Gasteiger partial charge is 0.155 e. The number of hydrogen-bond donors (Lipinski definition) is 1. The molecule has 4 rings (SSSR count). The van der Waals surface area contributed by atoms with Gasteiger partial charge in [-0.1, -0.05) is 91.0 Å². The van der Waals surface area contributed by atoms with E-state index < -0.39 is 5.54 Å². The van der Waals surface area contributed by atoms with E-state index in [-0.39, 0.29) is 27.3 Å². The van der Waals surface area contributed by atoms with Gasteiger partial charge in [0.25, 0.3) is 0 Å². The Bertz CT molecular complexity index is 947. The number of benzene rings is 3. The first-order valence-electron chi connectivity index (χ1n) is 11.7. The van der Waals surface area contributed by atoms with Crippen molar-refractivity contribution in [2.45, 2.75) is 43.6 Å². The van der Waals surface area contributed by atoms with Gasteiger partial charge in [0.1, 0.15) is 0 Å². The van der Waals surface area contributed by atoms with E-state index in [4.69, 9.17) is 19.0 Å². The molecule has 1 aliphatic heterocycles. The van der Waals surface area contributed by atoms with Crippen LogP contribution in [0.4, 0.5) is 0 Å². The van der Waals surface area contributed by atoms with Gasteiger partial charge in [0.05, 0.1) is 43.5 Å². The summed E-state index contributed by atoms with van der Waals surface area (Å²) < 4.78 is 17.5. The maximum Gasteiger partial charge on any atom is 0.155 e. The average Bonchev–Trinajstić information content (AvgIpc) is 3.24. The fourth-order valence-corrected chi connectivity index (χ4v) is 5.16. The highest BCUT2D eigenvalue weighted by Gasteiger charge is 2.43. The van der Waals surface area contributed by atoms with Crippen LogP contribution in [0.2, 0.25) is 0 Å². The molecule has 1 aliphatic rings. The highest BCUT2D eigenvalue weighted by Crippen LogP contribution is 2.39. The first-order valence-corrected chi connectivity index (χ1v) is 12.5. The summed E-state index contributed by atoms with van der Waals surface area (Å²) in [5.74, 6) is 0. The molecule has 176 valence electrons. The summed E-state index contributed by atoms with van der Waals surface area (Å²) >= 11 is 0. The van der Waals surface area contributed by atoms with E-state index in [1.54, 1.807) is 0 Å². The van der Waals surface area contributed by atoms with Gasteiger partial charge in [0.2, 0.25) is 0 Å². The molecule has 0 bridgehead atoms. The van der Waals surface area contributed by atoms with Crippen LogP contribution in [-0.2, 0) is 19.3 Å². The molecule has 3 aromatic carbocycles. The third-order valence-electron chi connectivity index (χ3n) is 6.15. The maximum absolute atomic E-state index is 8.65. The lowest BCUT2D eigenvalue weighted by molar-refractivity contribution is 0.0177. The van der Waals surface area contributed by atoms with Crippen molar-refractivity contribution >= 4 is 9.03 Å². The Balaban J connectivity index is 1.66. The number of hydrogen-bond acceptors (Lipinski definition) is 5. The van der Waals surface area contributed by atoms with Crippen LogP contribution in [-0.4, -0.2) is 31.5 Å². The van der Waals surface area contributed by atoms with Gasteiger partial charge in [-0.05, 0) is 30.0 Å². The van der Waals surface area contributed by atoms with E-state index in [1.165, 1.54) is 16.7 Å². The molecule has 6 heteroatoms. The largest absolute Gasteiger partial charge is 0.371 e. The minimum atomic E-state index is -0.550. The fraction of sp³-hybridized carbons (Fsp3) is 0.321. The van der Waals surface area contributed by atoms with Crippen LogP contribution in [0.3, 0.4) is 0 Å². The third kappa shape index (κ3) is 5.73. The second-order valence-electron chi connectivity index (χ2n) is 8.47. The summed E-state index contributed by atoms with van der Waals surface area (Å²) in [7, 11) is -0.102. The number of nitrogens with one attached hydrogen (secondary N) is 1. The topological polar surface area (TPSA) is 63.5 Å². The van der Waals surface area contributed by atoms with Crippen molar-refractivity contribution in [1.82, 2.24) is 5.32 Å². The normalized spacial score (nSPS) is 20.5. The highest BCUT2D eigenvalue weighted by atomic mass is 31.1. The summed E-state index contributed by atoms with van der Waals surface area (Å²) in [5, 5.41) is 12.7. The van der Waals surface area contributed by atoms with E-state index in [1.807, 2.05) is 0 Å². The second-order valence-corrected chi connectivity index (χ2v) is 9.21. The quantitative estimate of drug-likeness (QED) is 0.224. The van der Waals surface area contributed by atoms with Gasteiger partial charge < -0.3 is 13.8 Å². The number of nitrogens with zero attached hydrogens (tertiary/aromatic N) is 1. The number of nitriles is 1. The molecule has 0 aromatic heterocycles. The van der Waals surface area contributed by atoms with Gasteiger partial charge >= 0.3 is 0 Å². The van der Waals surface area contributed by atoms with E-state index in [0.717, 1.165) is 6.42 Å². The molecule has 5 nitrogen and oxygen atoms in total. The second kappa shape index (κ2) is 12.2. The maximum atomic E-state index is 8.65. The van der Waals surface area contributed by atoms with Crippen LogP contribution < -0.4 is 5.32 Å². The molecule has 34 heavy (non-hydrogen) atoms. The fourth-order valence-electron chi connectivity index (χ4n) is 4.65. The zero-order valence-electron chi connectivity index (χ0n) is 19.4. The van der Waals surface area contributed by atoms with Crippen LogP contribution >= 0.6 is 9.03 Å². The molecule has 4 atom stereocenters. The molecule has 3 aromatic rings. The molecule has 0 aliphatic carbocycles. The lowest BCUT2D eigenvalue weighted by atomic mass is 9.76. The molecule has 0 spiro atoms. The van der Waals surface area contributed by atoms with Gasteiger partial charge in [-0.25, -0.2) is 0 Å². The van der Waals surface area contributed by atoms with Crippen molar-refractivity contribution in [2.24, 2.45) is 0 Å². The minimum absolute atomic E-state index is 0.0690. The first kappa shape index (κ1) is 24.5. The summed E-state index contributed by atoms with van der Waals surface area (Å²) in [6.45, 7) is 2.93. The van der Waals surface area contributed by atoms with Crippen LogP contribution in [0.5, 0.6) is 0 Å². The molecule has 1 saturated heterocycles. The lowest BCUT2D eigenvalue weighted by Gasteiger charge is -2.40. The van der Waals surface area contributed by atoms with E-state index in [0.29, 0.717) is 19.6 Å². The SMILES string of the molecule is C[C@H]1CC(NC(c2ccccc2)(c2ccccc2)c2ccccc2)[C@@H](COPOCCC#N)O1. The van der Waals surface area contributed by atoms with Crippen molar-refractivity contribution < 1.29 is 13.8 Å². The summed E-state index contributed by atoms with van der Waals surface area (Å²) in [6.07, 6.45) is 1.25. The number of rotatable bonds is 11. The molecule has 1 fully saturated rings. The Hall–Kier alpha value is -2.58. The Morgan fingerprint density at radius 2 is 1.44 bits per heavy atom. The minimum Gasteiger partial charge on any atom is -0.371 e. The van der Waals surface area contributed by atoms with Gasteiger partial charge in [-0.3, -0.25) is 5.32 Å². The number of ether oxygens (including phenoxy) is 1. The Labute approximate surface area is 204 Å². The average molecular weight is 475 g/mol. The van der Waals surface area contributed by atoms with Crippen molar-refractivity contribution in [1.29, 1.82) is 5.26 Å². The molecule has 1 N–H and O–H groups in total. The Morgan fingerprint density at radius 1 is 0.912 bits per heavy atom. The van der Waals surface area contributed by atoms with Gasteiger partial charge in [0.15, 0.2) is 9.03 Å². The Morgan fingerprint density at radius 3 is 1.94 bits per heavy atom. The summed E-state index contributed by atoms with van der Waals surface area (Å²) in [4.78, 5) is 0. The monoisotopic (exact) mass is 474 g/mol. The van der Waals surface area contributed by atoms with Crippen molar-refractivity contribution in [2.75, 3.05) is 13.2 Å². The van der Waals surface area contributed by atoms with Crippen LogP contribution in [0.15, 0.2) is 91.0 Å². The van der Waals surface area contributed by atoms with E-state index in [2.05, 4.69) is 109 Å². The molecule has 2 unspecified atom stereocenters. The molecule has 1 heterocycles.